The van der Waals surface area contributed by atoms with E-state index in [1.54, 1.807) is 28.4 Å². The summed E-state index contributed by atoms with van der Waals surface area (Å²) in [5.74, 6) is 0. The van der Waals surface area contributed by atoms with Crippen LogP contribution in [0.5, 0.6) is 0 Å². The first-order valence-electron chi connectivity index (χ1n) is 12.0. The Morgan fingerprint density at radius 1 is 1.17 bits per heavy atom. The van der Waals surface area contributed by atoms with Gasteiger partial charge in [-0.3, -0.25) is 19.0 Å². The summed E-state index contributed by atoms with van der Waals surface area (Å²) < 4.78 is 3.68. The maximum absolute atomic E-state index is 13.6. The van der Waals surface area contributed by atoms with Crippen LogP contribution >= 0.6 is 11.3 Å². The molecule has 1 aliphatic rings. The molecule has 6 rings (SSSR count). The zero-order valence-electron chi connectivity index (χ0n) is 20.2. The molecule has 0 fully saturated rings. The summed E-state index contributed by atoms with van der Waals surface area (Å²) in [6.07, 6.45) is 6.33. The number of fused-ring (bicyclic) bond motifs is 4. The van der Waals surface area contributed by atoms with Crippen LogP contribution in [-0.2, 0) is 33.0 Å². The third kappa shape index (κ3) is 3.86. The molecule has 5 aromatic rings. The van der Waals surface area contributed by atoms with Gasteiger partial charge in [0.1, 0.15) is 4.83 Å². The van der Waals surface area contributed by atoms with Crippen molar-refractivity contribution in [3.63, 3.8) is 0 Å². The number of nitrogens with zero attached hydrogens (tertiary/aromatic N) is 5. The molecule has 0 spiro atoms. The summed E-state index contributed by atoms with van der Waals surface area (Å²) in [5, 5.41) is 10.2. The number of rotatable bonds is 5. The maximum Gasteiger partial charge on any atom is 0.262 e. The van der Waals surface area contributed by atoms with Crippen molar-refractivity contribution in [3.8, 4) is 0 Å². The molecule has 178 valence electrons. The van der Waals surface area contributed by atoms with Gasteiger partial charge in [0.25, 0.3) is 5.56 Å². The molecule has 1 aromatic carbocycles. The number of thiophene rings is 1. The largest absolute Gasteiger partial charge is 0.309 e. The Morgan fingerprint density at radius 3 is 2.86 bits per heavy atom. The Labute approximate surface area is 207 Å². The summed E-state index contributed by atoms with van der Waals surface area (Å²) in [6.45, 7) is 5.47. The molecule has 0 saturated carbocycles. The molecule has 35 heavy (non-hydrogen) atoms. The lowest BCUT2D eigenvalue weighted by atomic mass is 9.93. The maximum atomic E-state index is 13.6. The van der Waals surface area contributed by atoms with Gasteiger partial charge in [-0.15, -0.1) is 11.3 Å². The van der Waals surface area contributed by atoms with Gasteiger partial charge in [-0.2, -0.15) is 5.10 Å². The molecule has 8 heteroatoms. The van der Waals surface area contributed by atoms with Crippen molar-refractivity contribution in [2.75, 3.05) is 0 Å². The SMILES string of the molecule is Cc1nn(C)c(C)c1CNC1CCc2c(sc3ncn(Cc4cccc5cccnc45)c(=O)c23)C1. The molecule has 1 N–H and O–H groups in total. The first-order valence-corrected chi connectivity index (χ1v) is 12.9. The van der Waals surface area contributed by atoms with Gasteiger partial charge in [0.15, 0.2) is 0 Å². The first kappa shape index (κ1) is 22.1. The van der Waals surface area contributed by atoms with Crippen LogP contribution in [0.4, 0.5) is 0 Å². The van der Waals surface area contributed by atoms with Gasteiger partial charge in [-0.25, -0.2) is 4.98 Å². The Morgan fingerprint density at radius 2 is 2.03 bits per heavy atom. The van der Waals surface area contributed by atoms with Crippen LogP contribution in [0.2, 0.25) is 0 Å². The molecule has 0 radical (unpaired) electrons. The van der Waals surface area contributed by atoms with E-state index >= 15 is 0 Å². The quantitative estimate of drug-likeness (QED) is 0.407. The van der Waals surface area contributed by atoms with Crippen LogP contribution in [0.25, 0.3) is 21.1 Å². The molecular formula is C27H28N6OS. The van der Waals surface area contributed by atoms with Gasteiger partial charge in [0.05, 0.1) is 29.5 Å². The predicted octanol–water partition coefficient (Wildman–Crippen LogP) is 4.05. The first-order chi connectivity index (χ1) is 17.0. The molecular weight excluding hydrogens is 456 g/mol. The van der Waals surface area contributed by atoms with Crippen molar-refractivity contribution < 1.29 is 0 Å². The number of benzene rings is 1. The van der Waals surface area contributed by atoms with E-state index in [4.69, 9.17) is 4.98 Å². The van der Waals surface area contributed by atoms with Gasteiger partial charge in [0, 0.05) is 47.4 Å². The lowest BCUT2D eigenvalue weighted by molar-refractivity contribution is 0.461. The van der Waals surface area contributed by atoms with Crippen molar-refractivity contribution in [2.45, 2.75) is 52.2 Å². The zero-order valence-corrected chi connectivity index (χ0v) is 21.0. The monoisotopic (exact) mass is 484 g/mol. The highest BCUT2D eigenvalue weighted by atomic mass is 32.1. The van der Waals surface area contributed by atoms with E-state index in [2.05, 4.69) is 29.2 Å². The lowest BCUT2D eigenvalue weighted by Crippen LogP contribution is -2.34. The molecule has 1 atom stereocenters. The normalized spacial score (nSPS) is 15.7. The average Bonchev–Trinajstić information content (AvgIpc) is 3.35. The fourth-order valence-corrected chi connectivity index (χ4v) is 6.54. The molecule has 4 aromatic heterocycles. The van der Waals surface area contributed by atoms with E-state index in [1.165, 1.54) is 21.7 Å². The molecule has 1 unspecified atom stereocenters. The van der Waals surface area contributed by atoms with Crippen LogP contribution in [-0.4, -0.2) is 30.4 Å². The number of para-hydroxylation sites is 1. The zero-order chi connectivity index (χ0) is 24.1. The highest BCUT2D eigenvalue weighted by molar-refractivity contribution is 7.18. The van der Waals surface area contributed by atoms with E-state index < -0.39 is 0 Å². The minimum atomic E-state index is 0.0495. The highest BCUT2D eigenvalue weighted by Gasteiger charge is 2.25. The predicted molar refractivity (Wildman–Crippen MR) is 140 cm³/mol. The third-order valence-electron chi connectivity index (χ3n) is 7.32. The van der Waals surface area contributed by atoms with Gasteiger partial charge >= 0.3 is 0 Å². The highest BCUT2D eigenvalue weighted by Crippen LogP contribution is 2.34. The van der Waals surface area contributed by atoms with E-state index in [9.17, 15) is 4.79 Å². The number of hydrogen-bond acceptors (Lipinski definition) is 6. The Hall–Kier alpha value is -3.36. The molecule has 4 heterocycles. The van der Waals surface area contributed by atoms with E-state index in [0.29, 0.717) is 12.6 Å². The van der Waals surface area contributed by atoms with Crippen molar-refractivity contribution in [2.24, 2.45) is 7.05 Å². The Balaban J connectivity index is 1.26. The smallest absolute Gasteiger partial charge is 0.262 e. The topological polar surface area (TPSA) is 77.6 Å². The van der Waals surface area contributed by atoms with Gasteiger partial charge in [0.2, 0.25) is 0 Å². The van der Waals surface area contributed by atoms with Crippen molar-refractivity contribution in [1.29, 1.82) is 0 Å². The summed E-state index contributed by atoms with van der Waals surface area (Å²) in [7, 11) is 1.99. The number of hydrogen-bond donors (Lipinski definition) is 1. The standard InChI is InChI=1S/C27H28N6OS/c1-16-22(17(2)32(3)31-16)13-29-20-9-10-21-23(12-20)35-26-24(21)27(34)33(15-30-26)14-19-7-4-6-18-8-5-11-28-25(18)19/h4-8,11,15,20,29H,9-10,12-14H2,1-3H3. The van der Waals surface area contributed by atoms with Crippen molar-refractivity contribution in [3.05, 3.63) is 86.2 Å². The molecule has 0 aliphatic heterocycles. The second-order valence-electron chi connectivity index (χ2n) is 9.45. The minimum Gasteiger partial charge on any atom is -0.309 e. The minimum absolute atomic E-state index is 0.0495. The summed E-state index contributed by atoms with van der Waals surface area (Å²) >= 11 is 1.67. The van der Waals surface area contributed by atoms with E-state index in [-0.39, 0.29) is 5.56 Å². The van der Waals surface area contributed by atoms with E-state index in [0.717, 1.165) is 58.2 Å². The summed E-state index contributed by atoms with van der Waals surface area (Å²) in [4.78, 5) is 24.9. The Bertz CT molecular complexity index is 1620. The Kier molecular flexibility index (Phi) is 5.50. The fourth-order valence-electron chi connectivity index (χ4n) is 5.29. The second-order valence-corrected chi connectivity index (χ2v) is 10.5. The molecule has 0 bridgehead atoms. The average molecular weight is 485 g/mol. The van der Waals surface area contributed by atoms with Crippen molar-refractivity contribution in [1.82, 2.24) is 29.6 Å². The molecule has 0 saturated heterocycles. The lowest BCUT2D eigenvalue weighted by Gasteiger charge is -2.23. The number of nitrogens with one attached hydrogen (secondary N) is 1. The number of aromatic nitrogens is 5. The molecule has 1 aliphatic carbocycles. The number of pyridine rings is 1. The number of aryl methyl sites for hydroxylation is 3. The van der Waals surface area contributed by atoms with Crippen LogP contribution < -0.4 is 10.9 Å². The fraction of sp³-hybridized carbons (Fsp3) is 0.333. The summed E-state index contributed by atoms with van der Waals surface area (Å²) in [5.41, 5.74) is 6.78. The van der Waals surface area contributed by atoms with Crippen LogP contribution in [0, 0.1) is 13.8 Å². The molecule has 7 nitrogen and oxygen atoms in total. The van der Waals surface area contributed by atoms with Crippen LogP contribution in [0.1, 0.15) is 39.4 Å². The van der Waals surface area contributed by atoms with Gasteiger partial charge in [-0.05, 0) is 50.3 Å². The third-order valence-corrected chi connectivity index (χ3v) is 8.48. The summed E-state index contributed by atoms with van der Waals surface area (Å²) in [6, 6.07) is 10.5. The van der Waals surface area contributed by atoms with E-state index in [1.807, 2.05) is 42.1 Å². The van der Waals surface area contributed by atoms with Crippen molar-refractivity contribution >= 4 is 32.5 Å². The molecule has 0 amide bonds. The van der Waals surface area contributed by atoms with Gasteiger partial charge in [-0.1, -0.05) is 24.3 Å². The van der Waals surface area contributed by atoms with Crippen LogP contribution in [0.3, 0.4) is 0 Å². The second kappa shape index (κ2) is 8.70. The van der Waals surface area contributed by atoms with Crippen LogP contribution in [0.15, 0.2) is 47.7 Å². The van der Waals surface area contributed by atoms with Gasteiger partial charge < -0.3 is 5.32 Å².